The second-order valence-electron chi connectivity index (χ2n) is 4.56. The van der Waals surface area contributed by atoms with Gasteiger partial charge in [-0.2, -0.15) is 0 Å². The Morgan fingerprint density at radius 2 is 2.18 bits per heavy atom. The van der Waals surface area contributed by atoms with E-state index in [1.165, 1.54) is 17.5 Å². The van der Waals surface area contributed by atoms with Gasteiger partial charge in [-0.1, -0.05) is 12.8 Å². The van der Waals surface area contributed by atoms with E-state index in [-0.39, 0.29) is 5.54 Å². The molecule has 7 heteroatoms. The highest BCUT2D eigenvalue weighted by molar-refractivity contribution is 5.34. The highest BCUT2D eigenvalue weighted by Gasteiger charge is 2.30. The first-order valence-corrected chi connectivity index (χ1v) is 5.72. The molecule has 90 valence electrons. The molecule has 2 aromatic heterocycles. The lowest BCUT2D eigenvalue weighted by molar-refractivity contribution is 0.210. The van der Waals surface area contributed by atoms with Crippen LogP contribution in [0.3, 0.4) is 0 Å². The largest absolute Gasteiger partial charge is 0.475 e. The second kappa shape index (κ2) is 3.92. The highest BCUT2D eigenvalue weighted by atomic mass is 16.5. The average Bonchev–Trinajstić information content (AvgIpc) is 2.95. The molecule has 3 rings (SSSR count). The molecular formula is C10H14N6O. The van der Waals surface area contributed by atoms with Crippen molar-refractivity contribution in [1.29, 1.82) is 0 Å². The molecule has 0 aromatic carbocycles. The Kier molecular flexibility index (Phi) is 2.40. The lowest BCUT2D eigenvalue weighted by atomic mass is 10.0. The van der Waals surface area contributed by atoms with Crippen molar-refractivity contribution in [1.82, 2.24) is 25.3 Å². The van der Waals surface area contributed by atoms with E-state index in [0.717, 1.165) is 12.8 Å². The maximum absolute atomic E-state index is 6.20. The van der Waals surface area contributed by atoms with Crippen molar-refractivity contribution in [2.45, 2.75) is 31.2 Å². The fraction of sp³-hybridized carbons (Fsp3) is 0.600. The summed E-state index contributed by atoms with van der Waals surface area (Å²) in [5.41, 5.74) is 6.60. The lowest BCUT2D eigenvalue weighted by Gasteiger charge is -2.22. The number of nitrogens with zero attached hydrogens (tertiary/aromatic N) is 5. The molecule has 0 amide bonds. The average molecular weight is 234 g/mol. The molecule has 2 heterocycles. The van der Waals surface area contributed by atoms with Crippen LogP contribution < -0.4 is 10.5 Å². The molecule has 17 heavy (non-hydrogen) atoms. The molecule has 1 saturated carbocycles. The van der Waals surface area contributed by atoms with Crippen LogP contribution in [-0.4, -0.2) is 37.4 Å². The Balaban J connectivity index is 1.71. The minimum atomic E-state index is -0.197. The normalized spacial score (nSPS) is 18.6. The van der Waals surface area contributed by atoms with Crippen LogP contribution in [0.4, 0.5) is 0 Å². The van der Waals surface area contributed by atoms with Gasteiger partial charge >= 0.3 is 0 Å². The number of nitrogens with two attached hydrogens (primary N) is 1. The van der Waals surface area contributed by atoms with Crippen molar-refractivity contribution in [3.05, 3.63) is 12.1 Å². The molecule has 0 aliphatic heterocycles. The van der Waals surface area contributed by atoms with Crippen LogP contribution in [0.5, 0.6) is 5.88 Å². The van der Waals surface area contributed by atoms with Gasteiger partial charge in [0.15, 0.2) is 5.65 Å². The molecule has 1 fully saturated rings. The van der Waals surface area contributed by atoms with Crippen molar-refractivity contribution < 1.29 is 4.74 Å². The molecule has 0 unspecified atom stereocenters. The third kappa shape index (κ3) is 2.05. The van der Waals surface area contributed by atoms with Crippen molar-refractivity contribution in [2.75, 3.05) is 6.61 Å². The standard InChI is InChI=1S/C10H14N6O/c11-10(5-1-2-6-10)7-17-9-4-3-8-12-14-15-16(8)13-9/h3-4H,1-2,5-7,11H2. The van der Waals surface area contributed by atoms with Gasteiger partial charge in [0.05, 0.1) is 5.54 Å². The molecule has 0 radical (unpaired) electrons. The van der Waals surface area contributed by atoms with E-state index in [9.17, 15) is 0 Å². The number of hydrogen-bond acceptors (Lipinski definition) is 6. The van der Waals surface area contributed by atoms with E-state index in [4.69, 9.17) is 10.5 Å². The zero-order valence-corrected chi connectivity index (χ0v) is 9.41. The predicted octanol–water partition coefficient (Wildman–Crippen LogP) is 0.170. The second-order valence-corrected chi connectivity index (χ2v) is 4.56. The molecular weight excluding hydrogens is 220 g/mol. The number of aromatic nitrogens is 5. The van der Waals surface area contributed by atoms with Gasteiger partial charge in [0.2, 0.25) is 5.88 Å². The number of fused-ring (bicyclic) bond motifs is 1. The molecule has 1 aliphatic rings. The van der Waals surface area contributed by atoms with Crippen molar-refractivity contribution in [3.8, 4) is 5.88 Å². The molecule has 2 aromatic rings. The van der Waals surface area contributed by atoms with Crippen LogP contribution in [0.15, 0.2) is 12.1 Å². The predicted molar refractivity (Wildman–Crippen MR) is 59.5 cm³/mol. The first-order valence-electron chi connectivity index (χ1n) is 5.72. The zero-order valence-electron chi connectivity index (χ0n) is 9.41. The summed E-state index contributed by atoms with van der Waals surface area (Å²) in [6, 6.07) is 3.52. The fourth-order valence-electron chi connectivity index (χ4n) is 2.15. The smallest absolute Gasteiger partial charge is 0.233 e. The minimum absolute atomic E-state index is 0.197. The summed E-state index contributed by atoms with van der Waals surface area (Å²) in [5, 5.41) is 15.1. The molecule has 7 nitrogen and oxygen atoms in total. The van der Waals surface area contributed by atoms with Crippen LogP contribution in [0.1, 0.15) is 25.7 Å². The number of ether oxygens (including phenoxy) is 1. The van der Waals surface area contributed by atoms with E-state index >= 15 is 0 Å². The van der Waals surface area contributed by atoms with E-state index < -0.39 is 0 Å². The van der Waals surface area contributed by atoms with E-state index in [1.54, 1.807) is 12.1 Å². The van der Waals surface area contributed by atoms with Crippen molar-refractivity contribution in [2.24, 2.45) is 5.73 Å². The summed E-state index contributed by atoms with van der Waals surface area (Å²) in [7, 11) is 0. The Morgan fingerprint density at radius 1 is 1.35 bits per heavy atom. The minimum Gasteiger partial charge on any atom is -0.475 e. The lowest BCUT2D eigenvalue weighted by Crippen LogP contribution is -2.42. The summed E-state index contributed by atoms with van der Waals surface area (Å²) in [4.78, 5) is 0. The highest BCUT2D eigenvalue weighted by Crippen LogP contribution is 2.27. The van der Waals surface area contributed by atoms with Gasteiger partial charge in [-0.3, -0.25) is 0 Å². The molecule has 0 saturated heterocycles. The summed E-state index contributed by atoms with van der Waals surface area (Å²) in [6.07, 6.45) is 4.39. The number of rotatable bonds is 3. The SMILES string of the molecule is NC1(COc2ccc3nnnn3n2)CCCC1. The van der Waals surface area contributed by atoms with Gasteiger partial charge < -0.3 is 10.5 Å². The van der Waals surface area contributed by atoms with E-state index in [2.05, 4.69) is 20.6 Å². The van der Waals surface area contributed by atoms with Crippen molar-refractivity contribution in [3.63, 3.8) is 0 Å². The molecule has 0 spiro atoms. The molecule has 2 N–H and O–H groups in total. The Bertz CT molecular complexity index is 518. The van der Waals surface area contributed by atoms with Crippen LogP contribution in [0.2, 0.25) is 0 Å². The van der Waals surface area contributed by atoms with Crippen LogP contribution in [0.25, 0.3) is 5.65 Å². The number of tetrazole rings is 1. The van der Waals surface area contributed by atoms with E-state index in [0.29, 0.717) is 18.1 Å². The first kappa shape index (κ1) is 10.4. The van der Waals surface area contributed by atoms with Crippen molar-refractivity contribution >= 4 is 5.65 Å². The third-order valence-corrected chi connectivity index (χ3v) is 3.15. The summed E-state index contributed by atoms with van der Waals surface area (Å²) >= 11 is 0. The molecule has 1 aliphatic carbocycles. The fourth-order valence-corrected chi connectivity index (χ4v) is 2.15. The topological polar surface area (TPSA) is 91.2 Å². The van der Waals surface area contributed by atoms with Gasteiger partial charge in [-0.25, -0.2) is 0 Å². The van der Waals surface area contributed by atoms with Gasteiger partial charge in [0, 0.05) is 6.07 Å². The molecule has 0 atom stereocenters. The monoisotopic (exact) mass is 234 g/mol. The quantitative estimate of drug-likeness (QED) is 0.814. The third-order valence-electron chi connectivity index (χ3n) is 3.15. The van der Waals surface area contributed by atoms with Gasteiger partial charge in [0.25, 0.3) is 0 Å². The van der Waals surface area contributed by atoms with Gasteiger partial charge in [-0.05, 0) is 29.3 Å². The Hall–Kier alpha value is -1.76. The molecule has 0 bridgehead atoms. The maximum Gasteiger partial charge on any atom is 0.233 e. The summed E-state index contributed by atoms with van der Waals surface area (Å²) in [5.74, 6) is 0.501. The zero-order chi connectivity index (χ0) is 11.7. The Labute approximate surface area is 97.9 Å². The maximum atomic E-state index is 6.20. The van der Waals surface area contributed by atoms with Crippen LogP contribution >= 0.6 is 0 Å². The summed E-state index contributed by atoms with van der Waals surface area (Å²) < 4.78 is 6.96. The first-order chi connectivity index (χ1) is 8.25. The summed E-state index contributed by atoms with van der Waals surface area (Å²) in [6.45, 7) is 0.494. The Morgan fingerprint density at radius 3 is 3.00 bits per heavy atom. The van der Waals surface area contributed by atoms with Gasteiger partial charge in [-0.15, -0.1) is 14.8 Å². The van der Waals surface area contributed by atoms with Crippen LogP contribution in [-0.2, 0) is 0 Å². The van der Waals surface area contributed by atoms with Gasteiger partial charge in [0.1, 0.15) is 6.61 Å². The number of hydrogen-bond donors (Lipinski definition) is 1. The van der Waals surface area contributed by atoms with Crippen LogP contribution in [0, 0.1) is 0 Å². The van der Waals surface area contributed by atoms with E-state index in [1.807, 2.05) is 0 Å².